The number of methoxy groups -OCH3 is 1. The minimum atomic E-state index is -4.60. The second kappa shape index (κ2) is 7.84. The molecular formula is C13H17F3N2O3. The first-order valence-electron chi connectivity index (χ1n) is 6.11. The molecule has 0 amide bonds. The van der Waals surface area contributed by atoms with Crippen molar-refractivity contribution in [3.63, 3.8) is 0 Å². The summed E-state index contributed by atoms with van der Waals surface area (Å²) >= 11 is 0. The zero-order chi connectivity index (χ0) is 15.9. The molecule has 0 atom stereocenters. The summed E-state index contributed by atoms with van der Waals surface area (Å²) in [6.45, 7) is 1.17. The van der Waals surface area contributed by atoms with Crippen LogP contribution in [0.5, 0.6) is 5.75 Å². The standard InChI is InChI=1S/C13H17F3N2O3/c1-19-4-5-20-6-7-21-9-2-3-10(12(17)18)11(8-9)13(14,15)16/h2-3,8H,4-7H2,1H3,(H3,17,18). The number of alkyl halides is 3. The maximum absolute atomic E-state index is 12.9. The van der Waals surface area contributed by atoms with Gasteiger partial charge in [-0.15, -0.1) is 0 Å². The molecule has 0 aromatic heterocycles. The summed E-state index contributed by atoms with van der Waals surface area (Å²) in [7, 11) is 1.54. The van der Waals surface area contributed by atoms with E-state index in [2.05, 4.69) is 0 Å². The van der Waals surface area contributed by atoms with Crippen LogP contribution in [0.4, 0.5) is 13.2 Å². The second-order valence-electron chi connectivity index (χ2n) is 4.07. The highest BCUT2D eigenvalue weighted by Gasteiger charge is 2.34. The van der Waals surface area contributed by atoms with Crippen molar-refractivity contribution in [3.05, 3.63) is 29.3 Å². The van der Waals surface area contributed by atoms with Crippen molar-refractivity contribution in [2.24, 2.45) is 5.73 Å². The maximum atomic E-state index is 12.9. The van der Waals surface area contributed by atoms with Crippen molar-refractivity contribution in [1.82, 2.24) is 0 Å². The monoisotopic (exact) mass is 306 g/mol. The number of nitrogens with one attached hydrogen (secondary N) is 1. The molecule has 0 aliphatic carbocycles. The van der Waals surface area contributed by atoms with Gasteiger partial charge in [-0.05, 0) is 18.2 Å². The van der Waals surface area contributed by atoms with Crippen LogP contribution in [0.2, 0.25) is 0 Å². The van der Waals surface area contributed by atoms with E-state index >= 15 is 0 Å². The molecule has 0 saturated carbocycles. The number of benzene rings is 1. The van der Waals surface area contributed by atoms with E-state index in [-0.39, 0.29) is 24.5 Å². The Bertz CT molecular complexity index is 478. The molecule has 0 saturated heterocycles. The lowest BCUT2D eigenvalue weighted by atomic mass is 10.1. The molecule has 3 N–H and O–H groups in total. The fourth-order valence-corrected chi connectivity index (χ4v) is 1.55. The largest absolute Gasteiger partial charge is 0.491 e. The van der Waals surface area contributed by atoms with Gasteiger partial charge in [0.25, 0.3) is 0 Å². The summed E-state index contributed by atoms with van der Waals surface area (Å²) in [5.41, 5.74) is 3.78. The lowest BCUT2D eigenvalue weighted by Crippen LogP contribution is -2.19. The van der Waals surface area contributed by atoms with Gasteiger partial charge in [0, 0.05) is 12.7 Å². The fraction of sp³-hybridized carbons (Fsp3) is 0.462. The summed E-state index contributed by atoms with van der Waals surface area (Å²) in [6, 6.07) is 3.28. The Morgan fingerprint density at radius 2 is 1.86 bits per heavy atom. The summed E-state index contributed by atoms with van der Waals surface area (Å²) in [4.78, 5) is 0. The van der Waals surface area contributed by atoms with Crippen LogP contribution in [-0.4, -0.2) is 39.4 Å². The lowest BCUT2D eigenvalue weighted by Gasteiger charge is -2.14. The van der Waals surface area contributed by atoms with E-state index in [9.17, 15) is 13.2 Å². The zero-order valence-corrected chi connectivity index (χ0v) is 11.5. The van der Waals surface area contributed by atoms with Crippen molar-refractivity contribution in [1.29, 1.82) is 5.41 Å². The average Bonchev–Trinajstić information content (AvgIpc) is 2.41. The predicted octanol–water partition coefficient (Wildman–Crippen LogP) is 2.03. The van der Waals surface area contributed by atoms with Gasteiger partial charge in [0.1, 0.15) is 18.2 Å². The molecule has 0 spiro atoms. The first-order chi connectivity index (χ1) is 9.86. The van der Waals surface area contributed by atoms with Gasteiger partial charge in [-0.25, -0.2) is 0 Å². The maximum Gasteiger partial charge on any atom is 0.417 e. The second-order valence-corrected chi connectivity index (χ2v) is 4.07. The molecule has 1 rings (SSSR count). The lowest BCUT2D eigenvalue weighted by molar-refractivity contribution is -0.137. The van der Waals surface area contributed by atoms with Crippen LogP contribution in [0.1, 0.15) is 11.1 Å². The highest BCUT2D eigenvalue weighted by Crippen LogP contribution is 2.34. The van der Waals surface area contributed by atoms with Gasteiger partial charge in [0.2, 0.25) is 0 Å². The van der Waals surface area contributed by atoms with Crippen LogP contribution in [0.3, 0.4) is 0 Å². The van der Waals surface area contributed by atoms with Gasteiger partial charge in [-0.2, -0.15) is 13.2 Å². The molecule has 1 aromatic rings. The van der Waals surface area contributed by atoms with Crippen LogP contribution in [0.15, 0.2) is 18.2 Å². The molecule has 118 valence electrons. The Morgan fingerprint density at radius 3 is 2.43 bits per heavy atom. The fourth-order valence-electron chi connectivity index (χ4n) is 1.55. The van der Waals surface area contributed by atoms with Crippen LogP contribution in [0.25, 0.3) is 0 Å². The number of nitrogens with two attached hydrogens (primary N) is 1. The molecular weight excluding hydrogens is 289 g/mol. The van der Waals surface area contributed by atoms with E-state index in [0.29, 0.717) is 13.2 Å². The average molecular weight is 306 g/mol. The Kier molecular flexibility index (Phi) is 6.44. The van der Waals surface area contributed by atoms with E-state index in [1.165, 1.54) is 13.2 Å². The van der Waals surface area contributed by atoms with Crippen LogP contribution >= 0.6 is 0 Å². The third-order valence-corrected chi connectivity index (χ3v) is 2.51. The molecule has 8 heteroatoms. The number of hydrogen-bond donors (Lipinski definition) is 2. The molecule has 0 bridgehead atoms. The number of hydrogen-bond acceptors (Lipinski definition) is 4. The van der Waals surface area contributed by atoms with E-state index < -0.39 is 17.6 Å². The van der Waals surface area contributed by atoms with Crippen LogP contribution < -0.4 is 10.5 Å². The normalized spacial score (nSPS) is 11.4. The van der Waals surface area contributed by atoms with Gasteiger partial charge in [0.05, 0.1) is 25.4 Å². The molecule has 0 radical (unpaired) electrons. The summed E-state index contributed by atoms with van der Waals surface area (Å²) < 4.78 is 53.7. The molecule has 21 heavy (non-hydrogen) atoms. The minimum absolute atomic E-state index is 0.0441. The highest BCUT2D eigenvalue weighted by molar-refractivity contribution is 5.96. The smallest absolute Gasteiger partial charge is 0.417 e. The van der Waals surface area contributed by atoms with Crippen molar-refractivity contribution >= 4 is 5.84 Å². The van der Waals surface area contributed by atoms with Gasteiger partial charge < -0.3 is 19.9 Å². The third kappa shape index (κ3) is 5.60. The van der Waals surface area contributed by atoms with Crippen molar-refractivity contribution in [2.75, 3.05) is 33.5 Å². The van der Waals surface area contributed by atoms with Gasteiger partial charge in [-0.1, -0.05) is 0 Å². The molecule has 0 fully saturated rings. The predicted molar refractivity (Wildman–Crippen MR) is 70.7 cm³/mol. The molecule has 0 aliphatic rings. The highest BCUT2D eigenvalue weighted by atomic mass is 19.4. The summed E-state index contributed by atoms with van der Waals surface area (Å²) in [6.07, 6.45) is -4.60. The molecule has 0 unspecified atom stereocenters. The Hall–Kier alpha value is -1.80. The van der Waals surface area contributed by atoms with E-state index in [1.807, 2.05) is 0 Å². The minimum Gasteiger partial charge on any atom is -0.491 e. The Labute approximate surface area is 120 Å². The number of rotatable bonds is 8. The Balaban J connectivity index is 2.66. The van der Waals surface area contributed by atoms with Gasteiger partial charge in [-0.3, -0.25) is 5.41 Å². The SMILES string of the molecule is COCCOCCOc1ccc(C(=N)N)c(C(F)(F)F)c1. The van der Waals surface area contributed by atoms with Crippen LogP contribution in [-0.2, 0) is 15.7 Å². The van der Waals surface area contributed by atoms with E-state index in [0.717, 1.165) is 12.1 Å². The van der Waals surface area contributed by atoms with Crippen molar-refractivity contribution < 1.29 is 27.4 Å². The van der Waals surface area contributed by atoms with E-state index in [1.54, 1.807) is 0 Å². The topological polar surface area (TPSA) is 77.6 Å². The summed E-state index contributed by atoms with van der Waals surface area (Å²) in [5.74, 6) is -0.598. The third-order valence-electron chi connectivity index (χ3n) is 2.51. The quantitative estimate of drug-likeness (QED) is 0.438. The first-order valence-corrected chi connectivity index (χ1v) is 6.11. The van der Waals surface area contributed by atoms with Gasteiger partial charge >= 0.3 is 6.18 Å². The molecule has 0 aliphatic heterocycles. The van der Waals surface area contributed by atoms with Gasteiger partial charge in [0.15, 0.2) is 0 Å². The molecule has 0 heterocycles. The first kappa shape index (κ1) is 17.3. The number of ether oxygens (including phenoxy) is 3. The van der Waals surface area contributed by atoms with E-state index in [4.69, 9.17) is 25.4 Å². The molecule has 5 nitrogen and oxygen atoms in total. The van der Waals surface area contributed by atoms with Crippen molar-refractivity contribution in [2.45, 2.75) is 6.18 Å². The molecule has 1 aromatic carbocycles. The number of halogens is 3. The zero-order valence-electron chi connectivity index (χ0n) is 11.5. The summed E-state index contributed by atoms with van der Waals surface area (Å²) in [5, 5.41) is 7.16. The Morgan fingerprint density at radius 1 is 1.19 bits per heavy atom. The number of amidine groups is 1. The number of nitrogen functional groups attached to an aromatic ring is 1. The van der Waals surface area contributed by atoms with Crippen LogP contribution in [0, 0.1) is 5.41 Å². The van der Waals surface area contributed by atoms with Crippen molar-refractivity contribution in [3.8, 4) is 5.75 Å².